The van der Waals surface area contributed by atoms with E-state index in [1.165, 1.54) is 12.3 Å². The highest BCUT2D eigenvalue weighted by Crippen LogP contribution is 2.26. The molecule has 1 saturated heterocycles. The summed E-state index contributed by atoms with van der Waals surface area (Å²) < 4.78 is 0. The van der Waals surface area contributed by atoms with Crippen molar-refractivity contribution in [2.45, 2.75) is 13.3 Å². The van der Waals surface area contributed by atoms with E-state index in [0.29, 0.717) is 17.4 Å². The number of pyridine rings is 1. The Morgan fingerprint density at radius 2 is 2.44 bits per heavy atom. The molecule has 3 N–H and O–H groups in total. The molecule has 16 heavy (non-hydrogen) atoms. The lowest BCUT2D eigenvalue weighted by Gasteiger charge is -2.19. The highest BCUT2D eigenvalue weighted by molar-refractivity contribution is 5.94. The molecule has 0 aromatic carbocycles. The SMILES string of the molecule is CC1CCN(c2ncc(N)cc2C(=O)O)C1. The summed E-state index contributed by atoms with van der Waals surface area (Å²) in [5, 5.41) is 9.09. The second-order valence-corrected chi connectivity index (χ2v) is 4.28. The van der Waals surface area contributed by atoms with E-state index < -0.39 is 5.97 Å². The average molecular weight is 221 g/mol. The number of carbonyl (C=O) groups is 1. The molecule has 5 nitrogen and oxygen atoms in total. The third kappa shape index (κ3) is 1.93. The fraction of sp³-hybridized carbons (Fsp3) is 0.455. The van der Waals surface area contributed by atoms with E-state index in [9.17, 15) is 4.79 Å². The normalized spacial score (nSPS) is 20.1. The van der Waals surface area contributed by atoms with Gasteiger partial charge in [0, 0.05) is 13.1 Å². The molecule has 0 bridgehead atoms. The van der Waals surface area contributed by atoms with Crippen molar-refractivity contribution in [2.75, 3.05) is 23.7 Å². The smallest absolute Gasteiger partial charge is 0.339 e. The van der Waals surface area contributed by atoms with E-state index in [0.717, 1.165) is 19.5 Å². The molecule has 1 unspecified atom stereocenters. The van der Waals surface area contributed by atoms with Gasteiger partial charge in [0.05, 0.1) is 11.9 Å². The van der Waals surface area contributed by atoms with Crippen LogP contribution in [0.3, 0.4) is 0 Å². The summed E-state index contributed by atoms with van der Waals surface area (Å²) in [7, 11) is 0. The predicted octanol–water partition coefficient (Wildman–Crippen LogP) is 1.21. The van der Waals surface area contributed by atoms with Gasteiger partial charge >= 0.3 is 5.97 Å². The van der Waals surface area contributed by atoms with Gasteiger partial charge in [-0.05, 0) is 18.4 Å². The third-order valence-corrected chi connectivity index (χ3v) is 2.84. The number of carboxylic acid groups (broad SMARTS) is 1. The number of rotatable bonds is 2. The lowest BCUT2D eigenvalue weighted by Crippen LogP contribution is -2.23. The summed E-state index contributed by atoms with van der Waals surface area (Å²) in [5.41, 5.74) is 6.12. The second kappa shape index (κ2) is 4.00. The molecule has 1 aromatic rings. The highest BCUT2D eigenvalue weighted by atomic mass is 16.4. The van der Waals surface area contributed by atoms with Crippen LogP contribution >= 0.6 is 0 Å². The maximum absolute atomic E-state index is 11.1. The van der Waals surface area contributed by atoms with E-state index in [1.54, 1.807) is 0 Å². The van der Waals surface area contributed by atoms with Crippen molar-refractivity contribution >= 4 is 17.5 Å². The molecule has 1 aliphatic heterocycles. The van der Waals surface area contributed by atoms with Gasteiger partial charge in [0.25, 0.3) is 0 Å². The molecule has 2 heterocycles. The van der Waals surface area contributed by atoms with E-state index in [4.69, 9.17) is 10.8 Å². The van der Waals surface area contributed by atoms with E-state index in [2.05, 4.69) is 11.9 Å². The molecule has 1 atom stereocenters. The van der Waals surface area contributed by atoms with Crippen LogP contribution in [-0.2, 0) is 0 Å². The van der Waals surface area contributed by atoms with Gasteiger partial charge < -0.3 is 15.7 Å². The second-order valence-electron chi connectivity index (χ2n) is 4.28. The first-order valence-corrected chi connectivity index (χ1v) is 5.31. The number of nitrogens with two attached hydrogens (primary N) is 1. The molecule has 0 radical (unpaired) electrons. The molecular formula is C11H15N3O2. The van der Waals surface area contributed by atoms with Crippen LogP contribution in [0.25, 0.3) is 0 Å². The Morgan fingerprint density at radius 1 is 1.69 bits per heavy atom. The Balaban J connectivity index is 2.36. The largest absolute Gasteiger partial charge is 0.478 e. The number of aromatic carboxylic acids is 1. The predicted molar refractivity (Wildman–Crippen MR) is 61.6 cm³/mol. The summed E-state index contributed by atoms with van der Waals surface area (Å²) in [5.74, 6) is 0.140. The Kier molecular flexibility index (Phi) is 2.68. The van der Waals surface area contributed by atoms with Crippen molar-refractivity contribution in [2.24, 2.45) is 5.92 Å². The van der Waals surface area contributed by atoms with E-state index >= 15 is 0 Å². The van der Waals surface area contributed by atoms with Crippen molar-refractivity contribution < 1.29 is 9.90 Å². The minimum atomic E-state index is -0.977. The monoisotopic (exact) mass is 221 g/mol. The molecule has 2 rings (SSSR count). The van der Waals surface area contributed by atoms with Crippen molar-refractivity contribution in [3.05, 3.63) is 17.8 Å². The summed E-state index contributed by atoms with van der Waals surface area (Å²) in [6, 6.07) is 1.47. The molecule has 0 aliphatic carbocycles. The first kappa shape index (κ1) is 10.7. The van der Waals surface area contributed by atoms with Crippen molar-refractivity contribution in [3.8, 4) is 0 Å². The van der Waals surface area contributed by atoms with Crippen LogP contribution in [0.4, 0.5) is 11.5 Å². The van der Waals surface area contributed by atoms with Crippen LogP contribution in [0.5, 0.6) is 0 Å². The van der Waals surface area contributed by atoms with Crippen LogP contribution in [0.15, 0.2) is 12.3 Å². The average Bonchev–Trinajstić information content (AvgIpc) is 2.64. The molecule has 0 amide bonds. The first-order valence-electron chi connectivity index (χ1n) is 5.31. The Labute approximate surface area is 93.9 Å². The Morgan fingerprint density at radius 3 is 3.00 bits per heavy atom. The maximum Gasteiger partial charge on any atom is 0.339 e. The highest BCUT2D eigenvalue weighted by Gasteiger charge is 2.24. The van der Waals surface area contributed by atoms with Crippen LogP contribution in [0.2, 0.25) is 0 Å². The minimum absolute atomic E-state index is 0.189. The quantitative estimate of drug-likeness (QED) is 0.784. The van der Waals surface area contributed by atoms with Crippen LogP contribution in [0.1, 0.15) is 23.7 Å². The van der Waals surface area contributed by atoms with Gasteiger partial charge in [0.15, 0.2) is 0 Å². The molecule has 86 valence electrons. The van der Waals surface area contributed by atoms with Crippen LogP contribution < -0.4 is 10.6 Å². The van der Waals surface area contributed by atoms with Gasteiger partial charge in [-0.3, -0.25) is 0 Å². The number of hydrogen-bond donors (Lipinski definition) is 2. The number of nitrogen functional groups attached to an aromatic ring is 1. The van der Waals surface area contributed by atoms with Gasteiger partial charge in [0.2, 0.25) is 0 Å². The number of anilines is 2. The molecular weight excluding hydrogens is 206 g/mol. The number of carboxylic acids is 1. The standard InChI is InChI=1S/C11H15N3O2/c1-7-2-3-14(6-7)10-9(11(15)16)4-8(12)5-13-10/h4-5,7H,2-3,6,12H2,1H3,(H,15,16). The van der Waals surface area contributed by atoms with Crippen LogP contribution in [0, 0.1) is 5.92 Å². The van der Waals surface area contributed by atoms with Crippen molar-refractivity contribution in [1.29, 1.82) is 0 Å². The van der Waals surface area contributed by atoms with Crippen LogP contribution in [-0.4, -0.2) is 29.1 Å². The zero-order chi connectivity index (χ0) is 11.7. The summed E-state index contributed by atoms with van der Waals surface area (Å²) in [6.45, 7) is 3.87. The van der Waals surface area contributed by atoms with Gasteiger partial charge in [-0.2, -0.15) is 0 Å². The molecule has 5 heteroatoms. The maximum atomic E-state index is 11.1. The number of hydrogen-bond acceptors (Lipinski definition) is 4. The first-order chi connectivity index (χ1) is 7.58. The summed E-state index contributed by atoms with van der Waals surface area (Å²) >= 11 is 0. The van der Waals surface area contributed by atoms with Gasteiger partial charge in [-0.25, -0.2) is 9.78 Å². The fourth-order valence-electron chi connectivity index (χ4n) is 2.01. The van der Waals surface area contributed by atoms with Gasteiger partial charge in [-0.15, -0.1) is 0 Å². The number of nitrogens with zero attached hydrogens (tertiary/aromatic N) is 2. The number of aromatic nitrogens is 1. The molecule has 0 saturated carbocycles. The molecule has 0 spiro atoms. The third-order valence-electron chi connectivity index (χ3n) is 2.84. The van der Waals surface area contributed by atoms with E-state index in [-0.39, 0.29) is 5.56 Å². The fourth-order valence-corrected chi connectivity index (χ4v) is 2.01. The van der Waals surface area contributed by atoms with Gasteiger partial charge in [-0.1, -0.05) is 6.92 Å². The lowest BCUT2D eigenvalue weighted by atomic mass is 10.2. The molecule has 1 aromatic heterocycles. The molecule has 1 aliphatic rings. The summed E-state index contributed by atoms with van der Waals surface area (Å²) in [4.78, 5) is 17.2. The summed E-state index contributed by atoms with van der Waals surface area (Å²) in [6.07, 6.45) is 2.58. The Hall–Kier alpha value is -1.78. The van der Waals surface area contributed by atoms with Gasteiger partial charge in [0.1, 0.15) is 11.4 Å². The Bertz CT molecular complexity index is 420. The minimum Gasteiger partial charge on any atom is -0.478 e. The van der Waals surface area contributed by atoms with E-state index in [1.807, 2.05) is 4.90 Å². The topological polar surface area (TPSA) is 79.5 Å². The zero-order valence-corrected chi connectivity index (χ0v) is 9.18. The zero-order valence-electron chi connectivity index (χ0n) is 9.18. The van der Waals surface area contributed by atoms with Crippen molar-refractivity contribution in [3.63, 3.8) is 0 Å². The molecule has 1 fully saturated rings. The lowest BCUT2D eigenvalue weighted by molar-refractivity contribution is 0.0697. The van der Waals surface area contributed by atoms with Crippen molar-refractivity contribution in [1.82, 2.24) is 4.98 Å².